The smallest absolute Gasteiger partial charge is 0.142 e. The van der Waals surface area contributed by atoms with Crippen LogP contribution in [0.1, 0.15) is 47.1 Å². The van der Waals surface area contributed by atoms with E-state index >= 15 is 0 Å². The lowest BCUT2D eigenvalue weighted by Crippen LogP contribution is -2.39. The van der Waals surface area contributed by atoms with Crippen molar-refractivity contribution in [1.82, 2.24) is 4.90 Å². The van der Waals surface area contributed by atoms with E-state index in [4.69, 9.17) is 4.74 Å². The summed E-state index contributed by atoms with van der Waals surface area (Å²) >= 11 is 0. The quantitative estimate of drug-likeness (QED) is 0.805. The topological polar surface area (TPSA) is 24.5 Å². The molecule has 0 aromatic heterocycles. The van der Waals surface area contributed by atoms with E-state index in [-0.39, 0.29) is 6.10 Å². The molecule has 130 valence electrons. The summed E-state index contributed by atoms with van der Waals surface area (Å²) in [6.45, 7) is 16.9. The molecule has 0 saturated heterocycles. The van der Waals surface area contributed by atoms with E-state index < -0.39 is 0 Å². The number of nitrogens with zero attached hydrogens (tertiary/aromatic N) is 1. The van der Waals surface area contributed by atoms with Crippen LogP contribution in [0.2, 0.25) is 0 Å². The van der Waals surface area contributed by atoms with Crippen LogP contribution in [0.25, 0.3) is 0 Å². The fourth-order valence-electron chi connectivity index (χ4n) is 3.30. The second kappa shape index (κ2) is 8.05. The summed E-state index contributed by atoms with van der Waals surface area (Å²) in [7, 11) is 0. The summed E-state index contributed by atoms with van der Waals surface area (Å²) in [6.07, 6.45) is 1.34. The number of ether oxygens (including phenoxy) is 1. The fraction of sp³-hybridized carbons (Fsp3) is 0.700. The molecule has 2 rings (SSSR count). The van der Waals surface area contributed by atoms with Crippen LogP contribution >= 0.6 is 0 Å². The maximum Gasteiger partial charge on any atom is 0.142 e. The van der Waals surface area contributed by atoms with Gasteiger partial charge in [0.05, 0.1) is 12.2 Å². The van der Waals surface area contributed by atoms with E-state index in [9.17, 15) is 0 Å². The van der Waals surface area contributed by atoms with E-state index in [1.54, 1.807) is 0 Å². The lowest BCUT2D eigenvalue weighted by atomic mass is 10.0. The van der Waals surface area contributed by atoms with Crippen LogP contribution < -0.4 is 10.1 Å². The van der Waals surface area contributed by atoms with Crippen molar-refractivity contribution in [3.05, 3.63) is 23.8 Å². The van der Waals surface area contributed by atoms with Crippen molar-refractivity contribution in [2.75, 3.05) is 25.0 Å². The Balaban J connectivity index is 2.04. The Morgan fingerprint density at radius 1 is 1.13 bits per heavy atom. The summed E-state index contributed by atoms with van der Waals surface area (Å²) in [5.41, 5.74) is 2.53. The molecule has 0 saturated carbocycles. The number of fused-ring (bicyclic) bond motifs is 1. The molecule has 0 aliphatic carbocycles. The van der Waals surface area contributed by atoms with Gasteiger partial charge in [0, 0.05) is 19.1 Å². The first-order chi connectivity index (χ1) is 10.8. The first-order valence-electron chi connectivity index (χ1n) is 9.12. The minimum atomic E-state index is 0.250. The number of rotatable bonds is 7. The van der Waals surface area contributed by atoms with E-state index in [0.717, 1.165) is 24.4 Å². The summed E-state index contributed by atoms with van der Waals surface area (Å²) in [5, 5.41) is 3.48. The van der Waals surface area contributed by atoms with Crippen molar-refractivity contribution in [2.24, 2.45) is 11.8 Å². The van der Waals surface area contributed by atoms with Crippen molar-refractivity contribution in [3.63, 3.8) is 0 Å². The number of hydrogen-bond acceptors (Lipinski definition) is 3. The predicted molar refractivity (Wildman–Crippen MR) is 99.4 cm³/mol. The summed E-state index contributed by atoms with van der Waals surface area (Å²) < 4.78 is 5.87. The standard InChI is InChI=1S/C20H34N2O/c1-14(2)12-22(13-15(3)4)16(5)9-18-7-8-20-19(10-18)21-11-17(6)23-20/h7-8,10,14-17,21H,9,11-13H2,1-6H3. The summed E-state index contributed by atoms with van der Waals surface area (Å²) in [5.74, 6) is 2.40. The fourth-order valence-corrected chi connectivity index (χ4v) is 3.30. The van der Waals surface area contributed by atoms with Crippen molar-refractivity contribution in [3.8, 4) is 5.75 Å². The van der Waals surface area contributed by atoms with Gasteiger partial charge in [0.25, 0.3) is 0 Å². The maximum atomic E-state index is 5.87. The summed E-state index contributed by atoms with van der Waals surface area (Å²) in [6, 6.07) is 7.16. The predicted octanol–water partition coefficient (Wildman–Crippen LogP) is 4.42. The zero-order chi connectivity index (χ0) is 17.0. The lowest BCUT2D eigenvalue weighted by molar-refractivity contribution is 0.165. The Kier molecular flexibility index (Phi) is 6.34. The monoisotopic (exact) mass is 318 g/mol. The van der Waals surface area contributed by atoms with Crippen LogP contribution in [0, 0.1) is 11.8 Å². The molecule has 3 heteroatoms. The molecule has 0 spiro atoms. The first-order valence-corrected chi connectivity index (χ1v) is 9.12. The molecule has 1 aromatic rings. The molecule has 3 nitrogen and oxygen atoms in total. The maximum absolute atomic E-state index is 5.87. The van der Waals surface area contributed by atoms with Gasteiger partial charge in [0.1, 0.15) is 11.9 Å². The molecular weight excluding hydrogens is 284 g/mol. The van der Waals surface area contributed by atoms with Gasteiger partial charge in [-0.15, -0.1) is 0 Å². The number of nitrogens with one attached hydrogen (secondary N) is 1. The van der Waals surface area contributed by atoms with Gasteiger partial charge < -0.3 is 10.1 Å². The van der Waals surface area contributed by atoms with E-state index in [1.807, 2.05) is 0 Å². The second-order valence-electron chi connectivity index (χ2n) is 7.93. The molecule has 2 unspecified atom stereocenters. The van der Waals surface area contributed by atoms with Crippen LogP contribution in [-0.2, 0) is 6.42 Å². The SMILES string of the molecule is CC(C)CN(CC(C)C)C(C)Cc1ccc2c(c1)NCC(C)O2. The third-order valence-electron chi connectivity index (χ3n) is 4.31. The van der Waals surface area contributed by atoms with Gasteiger partial charge in [-0.25, -0.2) is 0 Å². The number of hydrogen-bond donors (Lipinski definition) is 1. The van der Waals surface area contributed by atoms with Crippen molar-refractivity contribution >= 4 is 5.69 Å². The van der Waals surface area contributed by atoms with Gasteiger partial charge in [-0.1, -0.05) is 33.8 Å². The molecule has 0 radical (unpaired) electrons. The lowest BCUT2D eigenvalue weighted by Gasteiger charge is -2.32. The average molecular weight is 319 g/mol. The van der Waals surface area contributed by atoms with Gasteiger partial charge in [-0.2, -0.15) is 0 Å². The minimum Gasteiger partial charge on any atom is -0.487 e. The molecule has 0 fully saturated rings. The van der Waals surface area contributed by atoms with Gasteiger partial charge in [0.2, 0.25) is 0 Å². The molecule has 2 atom stereocenters. The van der Waals surface area contributed by atoms with Gasteiger partial charge >= 0.3 is 0 Å². The Morgan fingerprint density at radius 2 is 1.78 bits per heavy atom. The highest BCUT2D eigenvalue weighted by atomic mass is 16.5. The Bertz CT molecular complexity index is 488. The highest BCUT2D eigenvalue weighted by Gasteiger charge is 2.19. The van der Waals surface area contributed by atoms with Crippen LogP contribution in [-0.4, -0.2) is 36.7 Å². The molecule has 0 bridgehead atoms. The number of anilines is 1. The Hall–Kier alpha value is -1.22. The van der Waals surface area contributed by atoms with Crippen molar-refractivity contribution < 1.29 is 4.74 Å². The second-order valence-corrected chi connectivity index (χ2v) is 7.93. The van der Waals surface area contributed by atoms with Crippen LogP contribution in [0.4, 0.5) is 5.69 Å². The van der Waals surface area contributed by atoms with Crippen molar-refractivity contribution in [1.29, 1.82) is 0 Å². The molecule has 1 heterocycles. The highest BCUT2D eigenvalue weighted by molar-refractivity contribution is 5.59. The highest BCUT2D eigenvalue weighted by Crippen LogP contribution is 2.30. The first kappa shape index (κ1) is 18.1. The summed E-state index contributed by atoms with van der Waals surface area (Å²) in [4.78, 5) is 2.64. The van der Waals surface area contributed by atoms with E-state index in [2.05, 4.69) is 70.0 Å². The Labute approximate surface area is 142 Å². The average Bonchev–Trinajstić information content (AvgIpc) is 2.45. The molecule has 23 heavy (non-hydrogen) atoms. The van der Waals surface area contributed by atoms with E-state index in [1.165, 1.54) is 18.7 Å². The normalized spacial score (nSPS) is 18.7. The number of benzene rings is 1. The molecule has 1 aliphatic heterocycles. The molecular formula is C20H34N2O. The largest absolute Gasteiger partial charge is 0.487 e. The van der Waals surface area contributed by atoms with Crippen LogP contribution in [0.5, 0.6) is 5.75 Å². The van der Waals surface area contributed by atoms with Gasteiger partial charge in [-0.3, -0.25) is 4.90 Å². The molecule has 1 aromatic carbocycles. The molecule has 1 aliphatic rings. The minimum absolute atomic E-state index is 0.250. The molecule has 0 amide bonds. The van der Waals surface area contributed by atoms with Crippen molar-refractivity contribution in [2.45, 2.75) is 60.1 Å². The van der Waals surface area contributed by atoms with Crippen LogP contribution in [0.3, 0.4) is 0 Å². The zero-order valence-corrected chi connectivity index (χ0v) is 15.7. The third-order valence-corrected chi connectivity index (χ3v) is 4.31. The van der Waals surface area contributed by atoms with Crippen LogP contribution in [0.15, 0.2) is 18.2 Å². The molecule has 1 N–H and O–H groups in total. The van der Waals surface area contributed by atoms with E-state index in [0.29, 0.717) is 17.9 Å². The van der Waals surface area contributed by atoms with Gasteiger partial charge in [0.15, 0.2) is 0 Å². The Morgan fingerprint density at radius 3 is 2.39 bits per heavy atom. The zero-order valence-electron chi connectivity index (χ0n) is 15.7. The third kappa shape index (κ3) is 5.42. The van der Waals surface area contributed by atoms with Gasteiger partial charge in [-0.05, 0) is 49.8 Å².